The van der Waals surface area contributed by atoms with Crippen LogP contribution in [0.2, 0.25) is 0 Å². The second kappa shape index (κ2) is 6.19. The van der Waals surface area contributed by atoms with Gasteiger partial charge >= 0.3 is 10.1 Å². The van der Waals surface area contributed by atoms with E-state index in [4.69, 9.17) is 4.18 Å². The highest BCUT2D eigenvalue weighted by Gasteiger charge is 2.10. The van der Waals surface area contributed by atoms with Crippen LogP contribution in [0.1, 0.15) is 5.56 Å². The molecule has 0 spiro atoms. The monoisotopic (exact) mass is 305 g/mol. The lowest BCUT2D eigenvalue weighted by Gasteiger charge is -2.02. The fourth-order valence-electron chi connectivity index (χ4n) is 1.51. The van der Waals surface area contributed by atoms with Crippen LogP contribution in [0.15, 0.2) is 60.0 Å². The minimum atomic E-state index is -3.92. The zero-order valence-corrected chi connectivity index (χ0v) is 11.6. The molecule has 2 rings (SSSR count). The predicted molar refractivity (Wildman–Crippen MR) is 78.1 cm³/mol. The summed E-state index contributed by atoms with van der Waals surface area (Å²) in [5.41, 5.74) is 0.577. The van der Waals surface area contributed by atoms with E-state index in [1.54, 1.807) is 24.3 Å². The summed E-state index contributed by atoms with van der Waals surface area (Å²) in [6.45, 7) is 0. The van der Waals surface area contributed by atoms with Crippen molar-refractivity contribution in [1.29, 1.82) is 0 Å². The quantitative estimate of drug-likeness (QED) is 0.481. The van der Waals surface area contributed by atoms with Crippen LogP contribution in [0.5, 0.6) is 5.75 Å². The van der Waals surface area contributed by atoms with Gasteiger partial charge in [-0.1, -0.05) is 30.3 Å². The summed E-state index contributed by atoms with van der Waals surface area (Å²) in [6, 6.07) is 13.7. The first-order valence-corrected chi connectivity index (χ1v) is 7.35. The molecule has 0 aromatic heterocycles. The largest absolute Gasteiger partial charge is 0.379 e. The Morgan fingerprint density at radius 2 is 1.62 bits per heavy atom. The number of hydrogen-bond donors (Lipinski definition) is 0. The van der Waals surface area contributed by atoms with E-state index in [1.807, 2.05) is 6.07 Å². The molecule has 0 N–H and O–H groups in total. The molecule has 0 fully saturated rings. The van der Waals surface area contributed by atoms with Crippen molar-refractivity contribution in [2.75, 3.05) is 0 Å². The smallest absolute Gasteiger partial charge is 0.332 e. The van der Waals surface area contributed by atoms with Crippen molar-refractivity contribution in [3.63, 3.8) is 0 Å². The Hall–Kier alpha value is -2.67. The van der Waals surface area contributed by atoms with Crippen LogP contribution in [0.4, 0.5) is 5.69 Å². The number of benzene rings is 2. The van der Waals surface area contributed by atoms with Gasteiger partial charge in [-0.25, -0.2) is 0 Å². The van der Waals surface area contributed by atoms with Crippen LogP contribution in [0.25, 0.3) is 6.08 Å². The number of nitro benzene ring substituents is 1. The predicted octanol–water partition coefficient (Wildman–Crippen LogP) is 2.97. The Morgan fingerprint density at radius 1 is 1.00 bits per heavy atom. The van der Waals surface area contributed by atoms with Gasteiger partial charge in [-0.15, -0.1) is 0 Å². The second-order valence-electron chi connectivity index (χ2n) is 4.04. The van der Waals surface area contributed by atoms with Crippen LogP contribution in [0, 0.1) is 10.1 Å². The molecule has 108 valence electrons. The Labute approximate surface area is 121 Å². The van der Waals surface area contributed by atoms with E-state index >= 15 is 0 Å². The highest BCUT2D eigenvalue weighted by molar-refractivity contribution is 7.90. The highest BCUT2D eigenvalue weighted by atomic mass is 32.2. The molecule has 0 saturated carbocycles. The van der Waals surface area contributed by atoms with Gasteiger partial charge in [0.05, 0.1) is 10.3 Å². The lowest BCUT2D eigenvalue weighted by atomic mass is 10.2. The molecule has 0 heterocycles. The Bertz CT molecular complexity index is 752. The van der Waals surface area contributed by atoms with E-state index in [-0.39, 0.29) is 11.4 Å². The first kappa shape index (κ1) is 14.7. The molecular weight excluding hydrogens is 294 g/mol. The molecule has 2 aromatic rings. The molecule has 0 unspecified atom stereocenters. The van der Waals surface area contributed by atoms with Gasteiger partial charge in [0.15, 0.2) is 0 Å². The van der Waals surface area contributed by atoms with Crippen LogP contribution in [-0.2, 0) is 10.1 Å². The first-order valence-electron chi connectivity index (χ1n) is 5.88. The van der Waals surface area contributed by atoms with E-state index in [2.05, 4.69) is 0 Å². The van der Waals surface area contributed by atoms with Crippen molar-refractivity contribution in [3.8, 4) is 5.75 Å². The Balaban J connectivity index is 2.10. The second-order valence-corrected chi connectivity index (χ2v) is 5.47. The van der Waals surface area contributed by atoms with Crippen molar-refractivity contribution in [1.82, 2.24) is 0 Å². The maximum Gasteiger partial charge on any atom is 0.332 e. The van der Waals surface area contributed by atoms with Gasteiger partial charge in [-0.05, 0) is 23.8 Å². The van der Waals surface area contributed by atoms with Gasteiger partial charge in [0.1, 0.15) is 5.75 Å². The Kier molecular flexibility index (Phi) is 4.34. The van der Waals surface area contributed by atoms with Crippen molar-refractivity contribution in [2.24, 2.45) is 0 Å². The molecule has 0 saturated heterocycles. The SMILES string of the molecule is O=[N+]([O-])c1ccc(OS(=O)(=O)/C=C/c2ccccc2)cc1. The molecule has 0 bridgehead atoms. The fraction of sp³-hybridized carbons (Fsp3) is 0. The third-order valence-electron chi connectivity index (χ3n) is 2.49. The molecule has 0 aliphatic carbocycles. The molecule has 0 radical (unpaired) electrons. The number of non-ortho nitro benzene ring substituents is 1. The molecule has 0 aliphatic rings. The summed E-state index contributed by atoms with van der Waals surface area (Å²) in [5, 5.41) is 11.4. The average molecular weight is 305 g/mol. The number of nitro groups is 1. The van der Waals surface area contributed by atoms with Crippen molar-refractivity contribution in [2.45, 2.75) is 0 Å². The van der Waals surface area contributed by atoms with Crippen LogP contribution < -0.4 is 4.18 Å². The zero-order valence-electron chi connectivity index (χ0n) is 10.7. The van der Waals surface area contributed by atoms with Crippen LogP contribution in [0.3, 0.4) is 0 Å². The third-order valence-corrected chi connectivity index (χ3v) is 3.38. The summed E-state index contributed by atoms with van der Waals surface area (Å²) < 4.78 is 28.3. The highest BCUT2D eigenvalue weighted by Crippen LogP contribution is 2.19. The van der Waals surface area contributed by atoms with Crippen molar-refractivity contribution >= 4 is 21.9 Å². The van der Waals surface area contributed by atoms with E-state index < -0.39 is 15.0 Å². The summed E-state index contributed by atoms with van der Waals surface area (Å²) >= 11 is 0. The standard InChI is InChI=1S/C14H11NO5S/c16-15(17)13-6-8-14(9-7-13)20-21(18,19)11-10-12-4-2-1-3-5-12/h1-11H/b11-10+. The molecule has 0 amide bonds. The van der Waals surface area contributed by atoms with Crippen molar-refractivity contribution in [3.05, 3.63) is 75.7 Å². The topological polar surface area (TPSA) is 86.5 Å². The Morgan fingerprint density at radius 3 is 2.19 bits per heavy atom. The van der Waals surface area contributed by atoms with E-state index in [0.717, 1.165) is 5.41 Å². The van der Waals surface area contributed by atoms with E-state index in [1.165, 1.54) is 30.3 Å². The van der Waals surface area contributed by atoms with Gasteiger partial charge in [-0.3, -0.25) is 10.1 Å². The zero-order chi connectivity index (χ0) is 15.3. The van der Waals surface area contributed by atoms with E-state index in [9.17, 15) is 18.5 Å². The molecule has 2 aromatic carbocycles. The van der Waals surface area contributed by atoms with Gasteiger partial charge in [0.25, 0.3) is 5.69 Å². The fourth-order valence-corrected chi connectivity index (χ4v) is 2.27. The lowest BCUT2D eigenvalue weighted by molar-refractivity contribution is -0.384. The average Bonchev–Trinajstić information content (AvgIpc) is 2.46. The summed E-state index contributed by atoms with van der Waals surface area (Å²) in [4.78, 5) is 9.92. The molecule has 6 nitrogen and oxygen atoms in total. The van der Waals surface area contributed by atoms with Crippen LogP contribution in [-0.4, -0.2) is 13.3 Å². The van der Waals surface area contributed by atoms with Gasteiger partial charge in [-0.2, -0.15) is 8.42 Å². The maximum absolute atomic E-state index is 11.7. The summed E-state index contributed by atoms with van der Waals surface area (Å²) in [6.07, 6.45) is 1.40. The van der Waals surface area contributed by atoms with Gasteiger partial charge < -0.3 is 4.18 Å². The van der Waals surface area contributed by atoms with Gasteiger partial charge in [0.2, 0.25) is 0 Å². The number of nitrogens with zero attached hydrogens (tertiary/aromatic N) is 1. The summed E-state index contributed by atoms with van der Waals surface area (Å²) in [5.74, 6) is 0.0123. The maximum atomic E-state index is 11.7. The normalized spacial score (nSPS) is 11.4. The summed E-state index contributed by atoms with van der Waals surface area (Å²) in [7, 11) is -3.92. The number of hydrogen-bond acceptors (Lipinski definition) is 5. The van der Waals surface area contributed by atoms with Crippen LogP contribution >= 0.6 is 0 Å². The molecule has 0 atom stereocenters. The molecule has 7 heteroatoms. The first-order chi connectivity index (χ1) is 9.96. The van der Waals surface area contributed by atoms with Crippen molar-refractivity contribution < 1.29 is 17.5 Å². The minimum Gasteiger partial charge on any atom is -0.379 e. The molecule has 21 heavy (non-hydrogen) atoms. The molecule has 0 aliphatic heterocycles. The minimum absolute atomic E-state index is 0.0123. The lowest BCUT2D eigenvalue weighted by Crippen LogP contribution is -2.05. The van der Waals surface area contributed by atoms with Gasteiger partial charge in [0, 0.05) is 12.1 Å². The third kappa shape index (κ3) is 4.43. The number of rotatable bonds is 5. The molecular formula is C14H11NO5S. The van der Waals surface area contributed by atoms with E-state index in [0.29, 0.717) is 5.56 Å².